The van der Waals surface area contributed by atoms with Crippen molar-refractivity contribution >= 4 is 66.4 Å². The molecule has 2 heterocycles. The summed E-state index contributed by atoms with van der Waals surface area (Å²) in [4.78, 5) is 8.52. The Labute approximate surface area is 246 Å². The third-order valence-electron chi connectivity index (χ3n) is 8.82. The quantitative estimate of drug-likeness (QED) is 0.152. The fraction of sp³-hybridized carbons (Fsp3) is 0. The van der Waals surface area contributed by atoms with Gasteiger partial charge in [0.1, 0.15) is 0 Å². The lowest BCUT2D eigenvalue weighted by Crippen LogP contribution is -2.59. The van der Waals surface area contributed by atoms with Crippen molar-refractivity contribution < 1.29 is 0 Å². The molecule has 0 bridgehead atoms. The Bertz CT molecular complexity index is 2100. The molecule has 0 aliphatic carbocycles. The largest absolute Gasteiger partial charge is 0.247 e. The van der Waals surface area contributed by atoms with Gasteiger partial charge in [-0.3, -0.25) is 0 Å². The van der Waals surface area contributed by atoms with Gasteiger partial charge in [-0.25, -0.2) is 0 Å². The molecule has 0 N–H and O–H groups in total. The lowest BCUT2D eigenvalue weighted by Gasteiger charge is -2.50. The molecule has 7 aromatic carbocycles. The summed E-state index contributed by atoms with van der Waals surface area (Å²) < 4.78 is 0. The highest BCUT2D eigenvalue weighted by Crippen LogP contribution is 2.74. The highest BCUT2D eigenvalue weighted by Gasteiger charge is 2.48. The van der Waals surface area contributed by atoms with Crippen LogP contribution in [0.2, 0.25) is 0 Å². The van der Waals surface area contributed by atoms with Gasteiger partial charge < -0.3 is 0 Å². The van der Waals surface area contributed by atoms with Crippen LogP contribution in [-0.2, 0) is 0 Å². The van der Waals surface area contributed by atoms with E-state index in [0.717, 1.165) is 0 Å². The first-order valence-corrected chi connectivity index (χ1v) is 16.6. The van der Waals surface area contributed by atoms with Gasteiger partial charge in [-0.2, -0.15) is 0 Å². The predicted molar refractivity (Wildman–Crippen MR) is 177 cm³/mol. The van der Waals surface area contributed by atoms with E-state index in [2.05, 4.69) is 152 Å². The van der Waals surface area contributed by atoms with E-state index in [9.17, 15) is 0 Å². The van der Waals surface area contributed by atoms with Crippen LogP contribution in [0.25, 0.3) is 21.5 Å². The molecular weight excluding hydrogens is 531 g/mol. The van der Waals surface area contributed by atoms with E-state index in [1.54, 1.807) is 0 Å². The smallest absolute Gasteiger partial charge is 0.134 e. The summed E-state index contributed by atoms with van der Waals surface area (Å²) in [7, 11) is -1.72. The molecule has 0 saturated carbocycles. The zero-order chi connectivity index (χ0) is 27.0. The van der Waals surface area contributed by atoms with Crippen LogP contribution in [-0.4, -0.2) is 6.71 Å². The Hall–Kier alpha value is -4.18. The van der Waals surface area contributed by atoms with Gasteiger partial charge in [0, 0.05) is 19.6 Å². The van der Waals surface area contributed by atoms with E-state index in [1.807, 2.05) is 11.8 Å². The second-order valence-corrected chi connectivity index (χ2v) is 14.9. The Morgan fingerprint density at radius 2 is 0.951 bits per heavy atom. The second kappa shape index (κ2) is 8.91. The molecule has 9 rings (SSSR count). The summed E-state index contributed by atoms with van der Waals surface area (Å²) in [6.07, 6.45) is 0. The highest BCUT2D eigenvalue weighted by molar-refractivity contribution is 8.34. The summed E-state index contributed by atoms with van der Waals surface area (Å²) in [6.45, 7) is 0.177. The molecule has 3 heteroatoms. The van der Waals surface area contributed by atoms with Crippen LogP contribution >= 0.6 is 21.8 Å². The maximum Gasteiger partial charge on any atom is 0.247 e. The molecule has 2 aliphatic heterocycles. The maximum absolute atomic E-state index is 2.44. The SMILES string of the molecule is c1ccc(S2(c3ccccc3)c3ccccc3B3c4c(cccc42)Sc2c3c3ccccc3c3ccccc23)cc1. The molecule has 0 fully saturated rings. The maximum atomic E-state index is 2.44. The van der Waals surface area contributed by atoms with E-state index in [1.165, 1.54) is 67.3 Å². The van der Waals surface area contributed by atoms with Crippen molar-refractivity contribution in [3.63, 3.8) is 0 Å². The zero-order valence-electron chi connectivity index (χ0n) is 22.3. The lowest BCUT2D eigenvalue weighted by atomic mass is 9.35. The van der Waals surface area contributed by atoms with Crippen molar-refractivity contribution in [2.45, 2.75) is 29.4 Å². The molecule has 7 aromatic rings. The second-order valence-electron chi connectivity index (χ2n) is 10.8. The first-order chi connectivity index (χ1) is 20.4. The van der Waals surface area contributed by atoms with E-state index in [0.29, 0.717) is 0 Å². The normalized spacial score (nSPS) is 15.2. The Morgan fingerprint density at radius 1 is 0.415 bits per heavy atom. The molecule has 0 saturated heterocycles. The molecule has 2 aliphatic rings. The first-order valence-electron chi connectivity index (χ1n) is 14.1. The van der Waals surface area contributed by atoms with Crippen LogP contribution in [0.1, 0.15) is 0 Å². The molecule has 41 heavy (non-hydrogen) atoms. The number of hydrogen-bond donors (Lipinski definition) is 0. The van der Waals surface area contributed by atoms with Crippen LogP contribution in [0.3, 0.4) is 0 Å². The summed E-state index contributed by atoms with van der Waals surface area (Å²) in [5, 5.41) is 5.41. The van der Waals surface area contributed by atoms with Crippen molar-refractivity contribution in [3.05, 3.63) is 152 Å². The molecule has 0 unspecified atom stereocenters. The van der Waals surface area contributed by atoms with Crippen LogP contribution in [0.5, 0.6) is 0 Å². The minimum absolute atomic E-state index is 0.177. The van der Waals surface area contributed by atoms with Gasteiger partial charge in [-0.1, -0.05) is 126 Å². The van der Waals surface area contributed by atoms with Crippen LogP contribution in [0, 0.1) is 0 Å². The van der Waals surface area contributed by atoms with Crippen molar-refractivity contribution in [1.29, 1.82) is 0 Å². The number of fused-ring (bicyclic) bond motifs is 9. The van der Waals surface area contributed by atoms with Gasteiger partial charge >= 0.3 is 0 Å². The Morgan fingerprint density at radius 3 is 1.66 bits per heavy atom. The van der Waals surface area contributed by atoms with Gasteiger partial charge in [0.25, 0.3) is 0 Å². The highest BCUT2D eigenvalue weighted by atomic mass is 32.3. The molecule has 0 spiro atoms. The van der Waals surface area contributed by atoms with Gasteiger partial charge in [-0.05, 0) is 84.7 Å². The van der Waals surface area contributed by atoms with Gasteiger partial charge in [0.2, 0.25) is 6.71 Å². The third-order valence-corrected chi connectivity index (χ3v) is 14.0. The summed E-state index contributed by atoms with van der Waals surface area (Å²) >= 11 is 1.97. The fourth-order valence-electron chi connectivity index (χ4n) is 7.27. The average molecular weight is 557 g/mol. The van der Waals surface area contributed by atoms with Gasteiger partial charge in [-0.15, -0.1) is 10.0 Å². The monoisotopic (exact) mass is 556 g/mol. The topological polar surface area (TPSA) is 0 Å². The Balaban J connectivity index is 1.48. The molecular formula is C38H25BS2. The molecule has 192 valence electrons. The number of benzene rings is 7. The molecule has 0 amide bonds. The predicted octanol–water partition coefficient (Wildman–Crippen LogP) is 8.63. The van der Waals surface area contributed by atoms with Gasteiger partial charge in [0.05, 0.1) is 0 Å². The van der Waals surface area contributed by atoms with Gasteiger partial charge in [0.15, 0.2) is 0 Å². The number of hydrogen-bond acceptors (Lipinski definition) is 1. The van der Waals surface area contributed by atoms with Crippen molar-refractivity contribution in [1.82, 2.24) is 0 Å². The zero-order valence-corrected chi connectivity index (χ0v) is 24.0. The van der Waals surface area contributed by atoms with Crippen molar-refractivity contribution in [2.24, 2.45) is 0 Å². The van der Waals surface area contributed by atoms with Crippen molar-refractivity contribution in [3.8, 4) is 0 Å². The minimum Gasteiger partial charge on any atom is -0.134 e. The first kappa shape index (κ1) is 23.5. The average Bonchev–Trinajstić information content (AvgIpc) is 3.06. The standard InChI is InChI=1S/C38H25BS2/c1-3-14-26(15-4-1)41(27-16-5-2-6-17-27)34-24-12-11-22-32(34)39-36-30-20-9-7-18-28(30)29-19-8-10-21-31(29)38(36)40-33-23-13-25-35(41)37(33)39/h1-25H. The number of rotatable bonds is 2. The van der Waals surface area contributed by atoms with E-state index < -0.39 is 10.0 Å². The summed E-state index contributed by atoms with van der Waals surface area (Å²) in [5.41, 5.74) is 4.40. The summed E-state index contributed by atoms with van der Waals surface area (Å²) in [6, 6.07) is 57.0. The van der Waals surface area contributed by atoms with E-state index in [4.69, 9.17) is 0 Å². The summed E-state index contributed by atoms with van der Waals surface area (Å²) in [5.74, 6) is 0. The van der Waals surface area contributed by atoms with Crippen LogP contribution in [0.15, 0.2) is 181 Å². The van der Waals surface area contributed by atoms with Crippen LogP contribution < -0.4 is 16.4 Å². The van der Waals surface area contributed by atoms with E-state index >= 15 is 0 Å². The molecule has 0 nitrogen and oxygen atoms in total. The van der Waals surface area contributed by atoms with Crippen molar-refractivity contribution in [2.75, 3.05) is 0 Å². The van der Waals surface area contributed by atoms with E-state index in [-0.39, 0.29) is 6.71 Å². The molecule has 0 aromatic heterocycles. The third kappa shape index (κ3) is 3.11. The molecule has 0 atom stereocenters. The minimum atomic E-state index is -1.72. The van der Waals surface area contributed by atoms with Crippen LogP contribution in [0.4, 0.5) is 0 Å². The molecule has 0 radical (unpaired) electrons. The fourth-order valence-corrected chi connectivity index (χ4v) is 13.0. The Kier molecular flexibility index (Phi) is 5.11. The lowest BCUT2D eigenvalue weighted by molar-refractivity contribution is 1.23.